The van der Waals surface area contributed by atoms with Crippen LogP contribution in [0.25, 0.3) is 10.2 Å². The molecule has 0 aliphatic heterocycles. The van der Waals surface area contributed by atoms with E-state index >= 15 is 0 Å². The molecule has 0 radical (unpaired) electrons. The molecule has 3 rings (SSSR count). The third kappa shape index (κ3) is 3.01. The molecule has 0 spiro atoms. The van der Waals surface area contributed by atoms with Crippen molar-refractivity contribution >= 4 is 27.5 Å². The summed E-state index contributed by atoms with van der Waals surface area (Å²) in [5.74, 6) is -2.70. The number of hydrogen-bond acceptors (Lipinski definition) is 2. The number of aryl methyl sites for hydroxylation is 2. The van der Waals surface area contributed by atoms with Gasteiger partial charge in [0, 0.05) is 6.54 Å². The highest BCUT2D eigenvalue weighted by molar-refractivity contribution is 7.16. The van der Waals surface area contributed by atoms with E-state index in [0.717, 1.165) is 34.3 Å². The fourth-order valence-corrected chi connectivity index (χ4v) is 3.70. The molecule has 2 aromatic carbocycles. The molecule has 0 saturated heterocycles. The minimum atomic E-state index is -0.904. The molecule has 1 amide bonds. The number of amides is 1. The van der Waals surface area contributed by atoms with Crippen molar-refractivity contribution in [3.63, 3.8) is 0 Å². The third-order valence-electron chi connectivity index (χ3n) is 3.66. The maximum absolute atomic E-state index is 13.8. The van der Waals surface area contributed by atoms with Gasteiger partial charge in [0.1, 0.15) is 17.2 Å². The average molecular weight is 346 g/mol. The quantitative estimate of drug-likeness (QED) is 0.690. The normalized spacial score (nSPS) is 12.1. The summed E-state index contributed by atoms with van der Waals surface area (Å²) in [7, 11) is 0. The van der Waals surface area contributed by atoms with Crippen molar-refractivity contribution in [1.29, 1.82) is 0 Å². The van der Waals surface area contributed by atoms with Crippen LogP contribution in [-0.4, -0.2) is 10.5 Å². The van der Waals surface area contributed by atoms with Crippen molar-refractivity contribution in [2.75, 3.05) is 0 Å². The van der Waals surface area contributed by atoms with E-state index in [0.29, 0.717) is 11.3 Å². The van der Waals surface area contributed by atoms with Gasteiger partial charge < -0.3 is 4.57 Å². The van der Waals surface area contributed by atoms with Crippen LogP contribution in [-0.2, 0) is 6.54 Å². The van der Waals surface area contributed by atoms with Crippen molar-refractivity contribution in [2.24, 2.45) is 4.99 Å². The molecular formula is C18H16F2N2OS. The summed E-state index contributed by atoms with van der Waals surface area (Å²) in [6.07, 6.45) is 0.856. The fraction of sp³-hybridized carbons (Fsp3) is 0.222. The smallest absolute Gasteiger partial charge is 0.285 e. The minimum absolute atomic E-state index is 0.449. The molecule has 1 heterocycles. The Bertz CT molecular complexity index is 968. The van der Waals surface area contributed by atoms with Crippen LogP contribution < -0.4 is 4.80 Å². The Hall–Kier alpha value is -2.34. The Morgan fingerprint density at radius 2 is 1.92 bits per heavy atom. The molecule has 0 aliphatic rings. The van der Waals surface area contributed by atoms with Crippen LogP contribution in [0.5, 0.6) is 0 Å². The van der Waals surface area contributed by atoms with Crippen LogP contribution in [0, 0.1) is 18.6 Å². The second-order valence-electron chi connectivity index (χ2n) is 5.52. The van der Waals surface area contributed by atoms with Gasteiger partial charge in [0.15, 0.2) is 4.80 Å². The average Bonchev–Trinajstić information content (AvgIpc) is 2.84. The van der Waals surface area contributed by atoms with Crippen LogP contribution in [0.2, 0.25) is 0 Å². The molecule has 24 heavy (non-hydrogen) atoms. The van der Waals surface area contributed by atoms with Crippen LogP contribution in [0.3, 0.4) is 0 Å². The summed E-state index contributed by atoms with van der Waals surface area (Å²) >= 11 is 1.34. The predicted octanol–water partition coefficient (Wildman–Crippen LogP) is 4.44. The number of nitrogens with zero attached hydrogens (tertiary/aromatic N) is 2. The summed E-state index contributed by atoms with van der Waals surface area (Å²) in [4.78, 5) is 16.8. The predicted molar refractivity (Wildman–Crippen MR) is 91.1 cm³/mol. The highest BCUT2D eigenvalue weighted by Crippen LogP contribution is 2.20. The molecule has 0 saturated carbocycles. The van der Waals surface area contributed by atoms with E-state index in [2.05, 4.69) is 4.99 Å². The number of aromatic nitrogens is 1. The van der Waals surface area contributed by atoms with E-state index in [1.54, 1.807) is 0 Å². The van der Waals surface area contributed by atoms with E-state index in [1.165, 1.54) is 17.4 Å². The topological polar surface area (TPSA) is 34.4 Å². The zero-order valence-electron chi connectivity index (χ0n) is 13.3. The largest absolute Gasteiger partial charge is 0.316 e. The van der Waals surface area contributed by atoms with Crippen molar-refractivity contribution in [2.45, 2.75) is 26.8 Å². The lowest BCUT2D eigenvalue weighted by atomic mass is 10.2. The second kappa shape index (κ2) is 6.65. The third-order valence-corrected chi connectivity index (χ3v) is 4.70. The second-order valence-corrected chi connectivity index (χ2v) is 6.53. The molecule has 1 aromatic heterocycles. The molecule has 124 valence electrons. The maximum Gasteiger partial charge on any atom is 0.285 e. The molecule has 0 N–H and O–H groups in total. The Morgan fingerprint density at radius 3 is 2.58 bits per heavy atom. The zero-order valence-corrected chi connectivity index (χ0v) is 14.2. The van der Waals surface area contributed by atoms with Crippen molar-refractivity contribution in [3.05, 3.63) is 64.0 Å². The Balaban J connectivity index is 2.19. The summed E-state index contributed by atoms with van der Waals surface area (Å²) in [6.45, 7) is 4.68. The summed E-state index contributed by atoms with van der Waals surface area (Å²) < 4.78 is 30.5. The summed E-state index contributed by atoms with van der Waals surface area (Å²) in [5, 5.41) is 0. The Morgan fingerprint density at radius 1 is 1.21 bits per heavy atom. The van der Waals surface area contributed by atoms with Crippen molar-refractivity contribution in [3.8, 4) is 0 Å². The minimum Gasteiger partial charge on any atom is -0.316 e. The van der Waals surface area contributed by atoms with E-state index in [4.69, 9.17) is 0 Å². The molecular weight excluding hydrogens is 330 g/mol. The molecule has 0 atom stereocenters. The molecule has 0 unspecified atom stereocenters. The van der Waals surface area contributed by atoms with Crippen molar-refractivity contribution in [1.82, 2.24) is 4.57 Å². The molecule has 0 aliphatic carbocycles. The van der Waals surface area contributed by atoms with Crippen LogP contribution >= 0.6 is 11.3 Å². The molecule has 0 bridgehead atoms. The fourth-order valence-electron chi connectivity index (χ4n) is 2.55. The first-order valence-corrected chi connectivity index (χ1v) is 8.46. The number of benzene rings is 2. The van der Waals surface area contributed by atoms with Gasteiger partial charge in [0.05, 0.1) is 10.2 Å². The monoisotopic (exact) mass is 346 g/mol. The van der Waals surface area contributed by atoms with Gasteiger partial charge in [0.2, 0.25) is 0 Å². The number of carbonyl (C=O) groups is 1. The number of hydrogen-bond donors (Lipinski definition) is 0. The van der Waals surface area contributed by atoms with Gasteiger partial charge in [-0.2, -0.15) is 4.99 Å². The first-order chi connectivity index (χ1) is 11.5. The first-order valence-electron chi connectivity index (χ1n) is 7.64. The molecule has 3 nitrogen and oxygen atoms in total. The number of halogens is 2. The zero-order chi connectivity index (χ0) is 17.3. The number of fused-ring (bicyclic) bond motifs is 1. The Labute approximate surface area is 141 Å². The lowest BCUT2D eigenvalue weighted by molar-refractivity contribution is 0.0990. The van der Waals surface area contributed by atoms with E-state index in [1.807, 2.05) is 36.6 Å². The highest BCUT2D eigenvalue weighted by Gasteiger charge is 2.17. The summed E-state index contributed by atoms with van der Waals surface area (Å²) in [5.41, 5.74) is 1.45. The van der Waals surface area contributed by atoms with Gasteiger partial charge in [-0.3, -0.25) is 4.79 Å². The first kappa shape index (κ1) is 16.5. The lowest BCUT2D eigenvalue weighted by Gasteiger charge is -2.03. The molecule has 0 fully saturated rings. The highest BCUT2D eigenvalue weighted by atomic mass is 32.1. The standard InChI is InChI=1S/C18H16F2N2OS/c1-3-9-22-14-8-7-11(2)10-15(14)24-18(22)21-17(23)16-12(19)5-4-6-13(16)20/h4-8,10H,3,9H2,1-2H3. The van der Waals surface area contributed by atoms with Crippen LogP contribution in [0.4, 0.5) is 8.78 Å². The Kier molecular flexibility index (Phi) is 4.57. The number of thiazole rings is 1. The van der Waals surface area contributed by atoms with Gasteiger partial charge in [-0.1, -0.05) is 30.4 Å². The van der Waals surface area contributed by atoms with E-state index in [-0.39, 0.29) is 0 Å². The van der Waals surface area contributed by atoms with Gasteiger partial charge >= 0.3 is 0 Å². The van der Waals surface area contributed by atoms with Crippen LogP contribution in [0.1, 0.15) is 29.3 Å². The van der Waals surface area contributed by atoms with E-state index in [9.17, 15) is 13.6 Å². The molecule has 3 aromatic rings. The summed E-state index contributed by atoms with van der Waals surface area (Å²) in [6, 6.07) is 9.31. The number of rotatable bonds is 3. The van der Waals surface area contributed by atoms with Gasteiger partial charge in [-0.25, -0.2) is 8.78 Å². The molecule has 6 heteroatoms. The van der Waals surface area contributed by atoms with Crippen LogP contribution in [0.15, 0.2) is 41.4 Å². The van der Waals surface area contributed by atoms with Crippen molar-refractivity contribution < 1.29 is 13.6 Å². The van der Waals surface area contributed by atoms with E-state index < -0.39 is 23.1 Å². The van der Waals surface area contributed by atoms with Gasteiger partial charge in [0.25, 0.3) is 5.91 Å². The van der Waals surface area contributed by atoms with Gasteiger partial charge in [-0.15, -0.1) is 0 Å². The number of carbonyl (C=O) groups excluding carboxylic acids is 1. The lowest BCUT2D eigenvalue weighted by Crippen LogP contribution is -2.17. The maximum atomic E-state index is 13.8. The SMILES string of the molecule is CCCn1c(=NC(=O)c2c(F)cccc2F)sc2cc(C)ccc21. The van der Waals surface area contributed by atoms with Gasteiger partial charge in [-0.05, 0) is 43.2 Å².